The number of carbonyl (C=O) groups excluding carboxylic acids is 1. The van der Waals surface area contributed by atoms with Crippen LogP contribution in [0.4, 0.5) is 14.5 Å². The van der Waals surface area contributed by atoms with Crippen molar-refractivity contribution < 1.29 is 13.6 Å². The van der Waals surface area contributed by atoms with Crippen LogP contribution in [0, 0.1) is 11.6 Å². The van der Waals surface area contributed by atoms with E-state index in [-0.39, 0.29) is 20.7 Å². The van der Waals surface area contributed by atoms with E-state index >= 15 is 0 Å². The van der Waals surface area contributed by atoms with Gasteiger partial charge in [0.1, 0.15) is 5.82 Å². The summed E-state index contributed by atoms with van der Waals surface area (Å²) in [5, 5.41) is 2.85. The minimum absolute atomic E-state index is 0.100. The molecule has 0 aliphatic carbocycles. The lowest BCUT2D eigenvalue weighted by Gasteiger charge is -2.09. The highest BCUT2D eigenvalue weighted by atomic mass is 79.9. The van der Waals surface area contributed by atoms with Crippen LogP contribution in [-0.2, 0) is 0 Å². The van der Waals surface area contributed by atoms with Crippen molar-refractivity contribution >= 4 is 50.7 Å². The molecule has 0 radical (unpaired) electrons. The molecule has 1 amide bonds. The Hall–Kier alpha value is -1.17. The molecule has 1 N–H and O–H groups in total. The summed E-state index contributed by atoms with van der Waals surface area (Å²) in [5.41, 5.74) is 0.0532. The van der Waals surface area contributed by atoms with Gasteiger partial charge >= 0.3 is 0 Å². The summed E-state index contributed by atoms with van der Waals surface area (Å²) >= 11 is 14.5. The summed E-state index contributed by atoms with van der Waals surface area (Å²) in [6.45, 7) is 0. The van der Waals surface area contributed by atoms with Gasteiger partial charge in [-0.05, 0) is 40.2 Å². The number of carbonyl (C=O) groups is 1. The highest BCUT2D eigenvalue weighted by Crippen LogP contribution is 2.28. The fraction of sp³-hybridized carbons (Fsp3) is 0. The Bertz CT molecular complexity index is 671. The summed E-state index contributed by atoms with van der Waals surface area (Å²) in [7, 11) is 0. The van der Waals surface area contributed by atoms with Gasteiger partial charge in [-0.25, -0.2) is 8.78 Å². The maximum atomic E-state index is 13.6. The lowest BCUT2D eigenvalue weighted by Crippen LogP contribution is -2.13. The molecule has 0 spiro atoms. The van der Waals surface area contributed by atoms with E-state index in [1.54, 1.807) is 0 Å². The van der Waals surface area contributed by atoms with Crippen molar-refractivity contribution in [1.82, 2.24) is 0 Å². The van der Waals surface area contributed by atoms with Gasteiger partial charge < -0.3 is 5.32 Å². The number of rotatable bonds is 2. The molecule has 0 atom stereocenters. The third kappa shape index (κ3) is 3.29. The van der Waals surface area contributed by atoms with E-state index in [2.05, 4.69) is 21.2 Å². The highest BCUT2D eigenvalue weighted by Gasteiger charge is 2.14. The van der Waals surface area contributed by atoms with Crippen LogP contribution in [0.5, 0.6) is 0 Å². The van der Waals surface area contributed by atoms with Crippen molar-refractivity contribution in [2.75, 3.05) is 5.32 Å². The molecule has 2 rings (SSSR count). The number of hydrogen-bond donors (Lipinski definition) is 1. The van der Waals surface area contributed by atoms with E-state index in [0.29, 0.717) is 11.1 Å². The molecule has 2 nitrogen and oxygen atoms in total. The van der Waals surface area contributed by atoms with Crippen LogP contribution >= 0.6 is 39.1 Å². The molecule has 0 aliphatic rings. The SMILES string of the molecule is O=C(Nc1c(F)cc(F)cc1Br)c1ccc(Cl)c(Cl)c1. The summed E-state index contributed by atoms with van der Waals surface area (Å²) in [6.07, 6.45) is 0. The Morgan fingerprint density at radius 2 is 1.80 bits per heavy atom. The number of hydrogen-bond acceptors (Lipinski definition) is 1. The van der Waals surface area contributed by atoms with E-state index in [1.165, 1.54) is 18.2 Å². The van der Waals surface area contributed by atoms with Gasteiger partial charge in [0.15, 0.2) is 5.82 Å². The van der Waals surface area contributed by atoms with Crippen molar-refractivity contribution in [2.45, 2.75) is 0 Å². The molecule has 0 saturated heterocycles. The zero-order chi connectivity index (χ0) is 14.9. The largest absolute Gasteiger partial charge is 0.319 e. The lowest BCUT2D eigenvalue weighted by molar-refractivity contribution is 0.102. The van der Waals surface area contributed by atoms with Crippen molar-refractivity contribution in [3.63, 3.8) is 0 Å². The molecule has 0 saturated carbocycles. The fourth-order valence-electron chi connectivity index (χ4n) is 1.48. The van der Waals surface area contributed by atoms with Gasteiger partial charge in [-0.15, -0.1) is 0 Å². The van der Waals surface area contributed by atoms with Crippen LogP contribution in [0.25, 0.3) is 0 Å². The average Bonchev–Trinajstić information content (AvgIpc) is 2.36. The van der Waals surface area contributed by atoms with Crippen LogP contribution in [0.3, 0.4) is 0 Å². The topological polar surface area (TPSA) is 29.1 Å². The van der Waals surface area contributed by atoms with Crippen molar-refractivity contribution in [2.24, 2.45) is 0 Å². The second-order valence-electron chi connectivity index (χ2n) is 3.83. The number of amides is 1. The number of nitrogens with one attached hydrogen (secondary N) is 1. The fourth-order valence-corrected chi connectivity index (χ4v) is 2.29. The number of anilines is 1. The lowest BCUT2D eigenvalue weighted by atomic mass is 10.2. The first kappa shape index (κ1) is 15.2. The Morgan fingerprint density at radius 1 is 1.10 bits per heavy atom. The molecular formula is C13H6BrCl2F2NO. The number of halogens is 5. The molecule has 0 fully saturated rings. The third-order valence-electron chi connectivity index (χ3n) is 2.43. The maximum absolute atomic E-state index is 13.6. The highest BCUT2D eigenvalue weighted by molar-refractivity contribution is 9.10. The van der Waals surface area contributed by atoms with Gasteiger partial charge in [-0.1, -0.05) is 23.2 Å². The molecule has 7 heteroatoms. The molecule has 0 heterocycles. The summed E-state index contributed by atoms with van der Waals surface area (Å²) < 4.78 is 26.7. The molecular weight excluding hydrogens is 375 g/mol. The van der Waals surface area contributed by atoms with Gasteiger partial charge in [-0.2, -0.15) is 0 Å². The monoisotopic (exact) mass is 379 g/mol. The summed E-state index contributed by atoms with van der Waals surface area (Å²) in [4.78, 5) is 12.0. The standard InChI is InChI=1S/C13H6BrCl2F2NO/c14-8-4-7(17)5-11(18)12(8)19-13(20)6-1-2-9(15)10(16)3-6/h1-5H,(H,19,20). The minimum atomic E-state index is -0.884. The minimum Gasteiger partial charge on any atom is -0.319 e. The normalized spacial score (nSPS) is 10.4. The predicted molar refractivity (Wildman–Crippen MR) is 78.5 cm³/mol. The zero-order valence-corrected chi connectivity index (χ0v) is 12.8. The van der Waals surface area contributed by atoms with Crippen molar-refractivity contribution in [3.05, 3.63) is 62.0 Å². The van der Waals surface area contributed by atoms with Gasteiger partial charge in [0.25, 0.3) is 5.91 Å². The van der Waals surface area contributed by atoms with Crippen molar-refractivity contribution in [1.29, 1.82) is 0 Å². The zero-order valence-electron chi connectivity index (χ0n) is 9.68. The van der Waals surface area contributed by atoms with E-state index in [0.717, 1.165) is 6.07 Å². The maximum Gasteiger partial charge on any atom is 0.255 e. The van der Waals surface area contributed by atoms with Crippen molar-refractivity contribution in [3.8, 4) is 0 Å². The first-order chi connectivity index (χ1) is 9.38. The second-order valence-corrected chi connectivity index (χ2v) is 5.50. The Kier molecular flexibility index (Phi) is 4.62. The summed E-state index contributed by atoms with van der Waals surface area (Å²) in [6, 6.07) is 5.98. The molecule has 0 unspecified atom stereocenters. The Morgan fingerprint density at radius 3 is 2.40 bits per heavy atom. The Balaban J connectivity index is 2.30. The van der Waals surface area contributed by atoms with E-state index in [9.17, 15) is 13.6 Å². The molecule has 0 bridgehead atoms. The summed E-state index contributed by atoms with van der Waals surface area (Å²) in [5.74, 6) is -2.22. The van der Waals surface area contributed by atoms with Crippen LogP contribution in [0.1, 0.15) is 10.4 Å². The quantitative estimate of drug-likeness (QED) is 0.753. The molecule has 104 valence electrons. The molecule has 0 aliphatic heterocycles. The van der Waals surface area contributed by atoms with Crippen LogP contribution in [0.2, 0.25) is 10.0 Å². The smallest absolute Gasteiger partial charge is 0.255 e. The first-order valence-corrected chi connectivity index (χ1v) is 6.84. The number of benzene rings is 2. The molecule has 2 aromatic rings. The molecule has 2 aromatic carbocycles. The van der Waals surface area contributed by atoms with Crippen LogP contribution in [0.15, 0.2) is 34.8 Å². The van der Waals surface area contributed by atoms with E-state index in [1.807, 2.05) is 0 Å². The average molecular weight is 381 g/mol. The van der Waals surface area contributed by atoms with E-state index in [4.69, 9.17) is 23.2 Å². The van der Waals surface area contributed by atoms with Crippen LogP contribution in [-0.4, -0.2) is 5.91 Å². The van der Waals surface area contributed by atoms with Crippen LogP contribution < -0.4 is 5.32 Å². The van der Waals surface area contributed by atoms with Gasteiger partial charge in [0, 0.05) is 16.1 Å². The second kappa shape index (κ2) is 6.08. The van der Waals surface area contributed by atoms with Gasteiger partial charge in [-0.3, -0.25) is 4.79 Å². The van der Waals surface area contributed by atoms with Gasteiger partial charge in [0.2, 0.25) is 0 Å². The predicted octanol–water partition coefficient (Wildman–Crippen LogP) is 5.29. The third-order valence-corrected chi connectivity index (χ3v) is 3.79. The first-order valence-electron chi connectivity index (χ1n) is 5.29. The molecule has 0 aromatic heterocycles. The van der Waals surface area contributed by atoms with Gasteiger partial charge in [0.05, 0.1) is 15.7 Å². The van der Waals surface area contributed by atoms with E-state index < -0.39 is 17.5 Å². The Labute approximate surface area is 131 Å². The molecule has 20 heavy (non-hydrogen) atoms.